The first kappa shape index (κ1) is 15.0. The standard InChI is InChI=1S/C19H19N5S/c1-23-10-8-14(9-11-23)17-20-21-19-24(17)22-18(25-19)16-7-6-13-4-2-3-5-15(13)12-16/h2-7,12,14H,8-11H2,1H3. The number of aromatic nitrogens is 4. The summed E-state index contributed by atoms with van der Waals surface area (Å²) < 4.78 is 1.96. The molecule has 2 aromatic carbocycles. The van der Waals surface area contributed by atoms with Crippen molar-refractivity contribution in [3.05, 3.63) is 48.3 Å². The van der Waals surface area contributed by atoms with E-state index < -0.39 is 0 Å². The highest BCUT2D eigenvalue weighted by Crippen LogP contribution is 2.31. The second kappa shape index (κ2) is 5.89. The molecule has 0 amide bonds. The van der Waals surface area contributed by atoms with E-state index in [4.69, 9.17) is 5.10 Å². The van der Waals surface area contributed by atoms with Crippen LogP contribution < -0.4 is 0 Å². The molecule has 1 aliphatic rings. The normalized spacial score (nSPS) is 16.8. The van der Waals surface area contributed by atoms with Crippen molar-refractivity contribution in [1.29, 1.82) is 0 Å². The molecular formula is C19H19N5S. The molecule has 3 heterocycles. The second-order valence-electron chi connectivity index (χ2n) is 6.80. The number of hydrogen-bond donors (Lipinski definition) is 0. The third-order valence-corrected chi connectivity index (χ3v) is 6.04. The maximum atomic E-state index is 4.84. The molecule has 1 aliphatic heterocycles. The minimum absolute atomic E-state index is 0.456. The van der Waals surface area contributed by atoms with Gasteiger partial charge in [0.05, 0.1) is 0 Å². The first-order valence-corrected chi connectivity index (χ1v) is 9.49. The lowest BCUT2D eigenvalue weighted by molar-refractivity contribution is 0.250. The molecular weight excluding hydrogens is 330 g/mol. The van der Waals surface area contributed by atoms with Crippen molar-refractivity contribution in [2.24, 2.45) is 0 Å². The van der Waals surface area contributed by atoms with E-state index in [-0.39, 0.29) is 0 Å². The van der Waals surface area contributed by atoms with E-state index in [0.29, 0.717) is 5.92 Å². The monoisotopic (exact) mass is 349 g/mol. The van der Waals surface area contributed by atoms with Gasteiger partial charge in [-0.3, -0.25) is 0 Å². The number of benzene rings is 2. The second-order valence-corrected chi connectivity index (χ2v) is 7.76. The van der Waals surface area contributed by atoms with Crippen LogP contribution in [0.3, 0.4) is 0 Å². The van der Waals surface area contributed by atoms with Crippen molar-refractivity contribution in [2.45, 2.75) is 18.8 Å². The number of nitrogens with zero attached hydrogens (tertiary/aromatic N) is 5. The largest absolute Gasteiger partial charge is 0.306 e. The van der Waals surface area contributed by atoms with Crippen LogP contribution in [0.25, 0.3) is 26.3 Å². The van der Waals surface area contributed by atoms with Crippen molar-refractivity contribution in [3.63, 3.8) is 0 Å². The van der Waals surface area contributed by atoms with E-state index in [1.54, 1.807) is 11.3 Å². The lowest BCUT2D eigenvalue weighted by atomic mass is 9.96. The lowest BCUT2D eigenvalue weighted by Crippen LogP contribution is -2.30. The van der Waals surface area contributed by atoms with Gasteiger partial charge in [-0.15, -0.1) is 10.2 Å². The van der Waals surface area contributed by atoms with Gasteiger partial charge in [-0.1, -0.05) is 47.7 Å². The van der Waals surface area contributed by atoms with Crippen LogP contribution in [0.15, 0.2) is 42.5 Å². The number of hydrogen-bond acceptors (Lipinski definition) is 5. The van der Waals surface area contributed by atoms with Crippen LogP contribution in [-0.4, -0.2) is 44.8 Å². The van der Waals surface area contributed by atoms with E-state index in [1.807, 2.05) is 4.52 Å². The molecule has 0 N–H and O–H groups in total. The first-order chi connectivity index (χ1) is 12.3. The molecule has 5 nitrogen and oxygen atoms in total. The topological polar surface area (TPSA) is 46.3 Å². The predicted molar refractivity (Wildman–Crippen MR) is 101 cm³/mol. The highest BCUT2D eigenvalue weighted by Gasteiger charge is 2.24. The molecule has 6 heteroatoms. The third kappa shape index (κ3) is 2.62. The van der Waals surface area contributed by atoms with Crippen molar-refractivity contribution in [1.82, 2.24) is 24.7 Å². The fourth-order valence-electron chi connectivity index (χ4n) is 3.59. The predicted octanol–water partition coefficient (Wildman–Crippen LogP) is 3.82. The van der Waals surface area contributed by atoms with Crippen LogP contribution in [0.5, 0.6) is 0 Å². The first-order valence-electron chi connectivity index (χ1n) is 8.68. The smallest absolute Gasteiger partial charge is 0.234 e. The fraction of sp³-hybridized carbons (Fsp3) is 0.316. The summed E-state index contributed by atoms with van der Waals surface area (Å²) >= 11 is 1.61. The molecule has 5 rings (SSSR count). The SMILES string of the molecule is CN1CCC(c2nnc3sc(-c4ccc5ccccc5c4)nn23)CC1. The molecule has 25 heavy (non-hydrogen) atoms. The van der Waals surface area contributed by atoms with E-state index >= 15 is 0 Å². The summed E-state index contributed by atoms with van der Waals surface area (Å²) in [4.78, 5) is 3.26. The minimum atomic E-state index is 0.456. The van der Waals surface area contributed by atoms with Crippen LogP contribution in [0.1, 0.15) is 24.6 Å². The zero-order valence-corrected chi connectivity index (χ0v) is 14.9. The number of rotatable bonds is 2. The van der Waals surface area contributed by atoms with Crippen LogP contribution in [0.4, 0.5) is 0 Å². The quantitative estimate of drug-likeness (QED) is 0.552. The van der Waals surface area contributed by atoms with Crippen molar-refractivity contribution in [2.75, 3.05) is 20.1 Å². The maximum Gasteiger partial charge on any atom is 0.234 e. The summed E-state index contributed by atoms with van der Waals surface area (Å²) in [5, 5.41) is 17.1. The number of fused-ring (bicyclic) bond motifs is 2. The van der Waals surface area contributed by atoms with Gasteiger partial charge in [0.15, 0.2) is 5.82 Å². The Bertz CT molecular complexity index is 1040. The zero-order valence-electron chi connectivity index (χ0n) is 14.1. The van der Waals surface area contributed by atoms with Gasteiger partial charge in [-0.25, -0.2) is 0 Å². The third-order valence-electron chi connectivity index (χ3n) is 5.10. The minimum Gasteiger partial charge on any atom is -0.306 e. The van der Waals surface area contributed by atoms with Crippen molar-refractivity contribution >= 4 is 27.1 Å². The van der Waals surface area contributed by atoms with Crippen LogP contribution in [-0.2, 0) is 0 Å². The van der Waals surface area contributed by atoms with Crippen LogP contribution in [0, 0.1) is 0 Å². The Balaban J connectivity index is 1.54. The van der Waals surface area contributed by atoms with Gasteiger partial charge in [-0.2, -0.15) is 9.61 Å². The average molecular weight is 349 g/mol. The summed E-state index contributed by atoms with van der Waals surface area (Å²) in [7, 11) is 2.18. The van der Waals surface area contributed by atoms with Gasteiger partial charge >= 0.3 is 0 Å². The Morgan fingerprint density at radius 2 is 1.80 bits per heavy atom. The van der Waals surface area contributed by atoms with E-state index in [1.165, 1.54) is 10.8 Å². The van der Waals surface area contributed by atoms with E-state index in [9.17, 15) is 0 Å². The highest BCUT2D eigenvalue weighted by molar-refractivity contribution is 7.19. The highest BCUT2D eigenvalue weighted by atomic mass is 32.1. The van der Waals surface area contributed by atoms with Gasteiger partial charge in [0.1, 0.15) is 5.01 Å². The van der Waals surface area contributed by atoms with Crippen molar-refractivity contribution < 1.29 is 0 Å². The van der Waals surface area contributed by atoms with Gasteiger partial charge in [-0.05, 0) is 49.8 Å². The Morgan fingerprint density at radius 1 is 1.00 bits per heavy atom. The Labute approximate surface area is 149 Å². The molecule has 1 saturated heterocycles. The molecule has 0 spiro atoms. The lowest BCUT2D eigenvalue weighted by Gasteiger charge is -2.27. The van der Waals surface area contributed by atoms with Gasteiger partial charge in [0.2, 0.25) is 4.96 Å². The van der Waals surface area contributed by atoms with Crippen molar-refractivity contribution in [3.8, 4) is 10.6 Å². The summed E-state index contributed by atoms with van der Waals surface area (Å²) in [6, 6.07) is 14.9. The molecule has 0 saturated carbocycles. The summed E-state index contributed by atoms with van der Waals surface area (Å²) in [5.41, 5.74) is 1.14. The average Bonchev–Trinajstić information content (AvgIpc) is 3.23. The van der Waals surface area contributed by atoms with Gasteiger partial charge < -0.3 is 4.90 Å². The molecule has 0 bridgehead atoms. The molecule has 126 valence electrons. The number of piperidine rings is 1. The van der Waals surface area contributed by atoms with Crippen LogP contribution >= 0.6 is 11.3 Å². The molecule has 4 aromatic rings. The van der Waals surface area contributed by atoms with Gasteiger partial charge in [0, 0.05) is 11.5 Å². The van der Waals surface area contributed by atoms with E-state index in [0.717, 1.165) is 47.3 Å². The molecule has 0 atom stereocenters. The Morgan fingerprint density at radius 3 is 2.64 bits per heavy atom. The molecule has 2 aromatic heterocycles. The molecule has 0 radical (unpaired) electrons. The summed E-state index contributed by atoms with van der Waals surface area (Å²) in [6.45, 7) is 2.22. The zero-order chi connectivity index (χ0) is 16.8. The molecule has 0 unspecified atom stereocenters. The fourth-order valence-corrected chi connectivity index (χ4v) is 4.44. The molecule has 1 fully saturated rings. The number of likely N-dealkylation sites (tertiary alicyclic amines) is 1. The van der Waals surface area contributed by atoms with Gasteiger partial charge in [0.25, 0.3) is 0 Å². The summed E-state index contributed by atoms with van der Waals surface area (Å²) in [6.07, 6.45) is 2.25. The van der Waals surface area contributed by atoms with E-state index in [2.05, 4.69) is 64.6 Å². The molecule has 0 aliphatic carbocycles. The Hall–Kier alpha value is -2.31. The Kier molecular flexibility index (Phi) is 3.53. The summed E-state index contributed by atoms with van der Waals surface area (Å²) in [5.74, 6) is 1.48. The van der Waals surface area contributed by atoms with Crippen LogP contribution in [0.2, 0.25) is 0 Å². The maximum absolute atomic E-state index is 4.84.